The Labute approximate surface area is 188 Å². The van der Waals surface area contributed by atoms with Gasteiger partial charge in [0.1, 0.15) is 11.6 Å². The van der Waals surface area contributed by atoms with Crippen molar-refractivity contribution in [2.45, 2.75) is 12.6 Å². The fourth-order valence-corrected chi connectivity index (χ4v) is 4.81. The van der Waals surface area contributed by atoms with E-state index in [1.54, 1.807) is 23.5 Å². The molecule has 0 spiro atoms. The van der Waals surface area contributed by atoms with Gasteiger partial charge < -0.3 is 4.90 Å². The topological polar surface area (TPSA) is 50.1 Å². The summed E-state index contributed by atoms with van der Waals surface area (Å²) >= 11 is 1.66. The van der Waals surface area contributed by atoms with Crippen LogP contribution < -0.4 is 4.90 Å². The third-order valence-electron chi connectivity index (χ3n) is 5.75. The van der Waals surface area contributed by atoms with Crippen LogP contribution in [0.5, 0.6) is 0 Å². The van der Waals surface area contributed by atoms with Gasteiger partial charge in [-0.1, -0.05) is 18.2 Å². The van der Waals surface area contributed by atoms with Crippen LogP contribution in [0.25, 0.3) is 0 Å². The highest BCUT2D eigenvalue weighted by Gasteiger charge is 2.31. The van der Waals surface area contributed by atoms with E-state index in [4.69, 9.17) is 0 Å². The van der Waals surface area contributed by atoms with E-state index >= 15 is 0 Å². The molecule has 6 nitrogen and oxygen atoms in total. The molecule has 32 heavy (non-hydrogen) atoms. The molecule has 1 aliphatic heterocycles. The van der Waals surface area contributed by atoms with Crippen molar-refractivity contribution in [2.75, 3.05) is 31.1 Å². The summed E-state index contributed by atoms with van der Waals surface area (Å²) in [5.41, 5.74) is 1.95. The quantitative estimate of drug-likeness (QED) is 0.443. The summed E-state index contributed by atoms with van der Waals surface area (Å²) in [5, 5.41) is 14.6. The van der Waals surface area contributed by atoms with Gasteiger partial charge in [0.15, 0.2) is 5.82 Å². The molecule has 0 saturated carbocycles. The number of piperazine rings is 1. The molecule has 1 saturated heterocycles. The third-order valence-corrected chi connectivity index (χ3v) is 6.61. The minimum Gasteiger partial charge on any atom is -0.369 e. The molecule has 0 unspecified atom stereocenters. The molecular formula is C23H22F2N6S. The highest BCUT2D eigenvalue weighted by atomic mass is 32.1. The van der Waals surface area contributed by atoms with Gasteiger partial charge >= 0.3 is 0 Å². The largest absolute Gasteiger partial charge is 0.369 e. The van der Waals surface area contributed by atoms with Gasteiger partial charge in [0, 0.05) is 36.7 Å². The maximum Gasteiger partial charge on any atom is 0.173 e. The molecular weight excluding hydrogens is 430 g/mol. The lowest BCUT2D eigenvalue weighted by Gasteiger charge is -2.39. The highest BCUT2D eigenvalue weighted by molar-refractivity contribution is 7.09. The average Bonchev–Trinajstić information content (AvgIpc) is 3.49. The van der Waals surface area contributed by atoms with Crippen LogP contribution >= 0.6 is 11.3 Å². The van der Waals surface area contributed by atoms with Crippen molar-refractivity contribution in [3.8, 4) is 0 Å². The number of aromatic nitrogens is 4. The van der Waals surface area contributed by atoms with Crippen molar-refractivity contribution in [3.63, 3.8) is 0 Å². The van der Waals surface area contributed by atoms with Gasteiger partial charge in [0.25, 0.3) is 0 Å². The van der Waals surface area contributed by atoms with Gasteiger partial charge in [-0.2, -0.15) is 0 Å². The van der Waals surface area contributed by atoms with E-state index in [2.05, 4.69) is 31.4 Å². The lowest BCUT2D eigenvalue weighted by Crippen LogP contribution is -2.48. The lowest BCUT2D eigenvalue weighted by atomic mass is 10.0. The average molecular weight is 453 g/mol. The molecule has 1 fully saturated rings. The van der Waals surface area contributed by atoms with Gasteiger partial charge in [-0.3, -0.25) is 4.90 Å². The molecule has 2 aromatic heterocycles. The Morgan fingerprint density at radius 1 is 0.875 bits per heavy atom. The van der Waals surface area contributed by atoms with Crippen LogP contribution in [0.3, 0.4) is 0 Å². The first kappa shape index (κ1) is 20.7. The van der Waals surface area contributed by atoms with Crippen molar-refractivity contribution in [1.29, 1.82) is 0 Å². The second-order valence-electron chi connectivity index (χ2n) is 7.73. The van der Waals surface area contributed by atoms with Gasteiger partial charge in [-0.15, -0.1) is 16.4 Å². The summed E-state index contributed by atoms with van der Waals surface area (Å²) in [6.45, 7) is 3.70. The fraction of sp³-hybridized carbons (Fsp3) is 0.261. The molecule has 2 aromatic carbocycles. The van der Waals surface area contributed by atoms with Crippen molar-refractivity contribution in [1.82, 2.24) is 25.1 Å². The molecule has 0 aliphatic carbocycles. The van der Waals surface area contributed by atoms with E-state index in [1.807, 2.05) is 28.3 Å². The molecule has 3 heterocycles. The van der Waals surface area contributed by atoms with Crippen LogP contribution in [0.2, 0.25) is 0 Å². The molecule has 0 N–H and O–H groups in total. The fourth-order valence-electron chi connectivity index (χ4n) is 4.13. The zero-order valence-corrected chi connectivity index (χ0v) is 18.1. The Balaban J connectivity index is 1.41. The Kier molecular flexibility index (Phi) is 5.91. The maximum atomic E-state index is 13.6. The van der Waals surface area contributed by atoms with Crippen molar-refractivity contribution < 1.29 is 8.78 Å². The van der Waals surface area contributed by atoms with Crippen LogP contribution in [-0.2, 0) is 6.54 Å². The summed E-state index contributed by atoms with van der Waals surface area (Å²) in [5.74, 6) is 0.230. The lowest BCUT2D eigenvalue weighted by molar-refractivity contribution is 0.201. The minimum atomic E-state index is -0.271. The number of hydrogen-bond acceptors (Lipinski definition) is 6. The molecule has 164 valence electrons. The normalized spacial score (nSPS) is 15.8. The van der Waals surface area contributed by atoms with Crippen molar-refractivity contribution in [3.05, 3.63) is 93.9 Å². The second-order valence-corrected chi connectivity index (χ2v) is 8.76. The molecule has 0 radical (unpaired) electrons. The number of thiophene rings is 1. The number of anilines is 1. The molecule has 1 atom stereocenters. The van der Waals surface area contributed by atoms with E-state index in [1.165, 1.54) is 24.3 Å². The first-order chi connectivity index (χ1) is 15.7. The first-order valence-corrected chi connectivity index (χ1v) is 11.3. The summed E-state index contributed by atoms with van der Waals surface area (Å²) < 4.78 is 28.8. The van der Waals surface area contributed by atoms with Crippen molar-refractivity contribution in [2.24, 2.45) is 0 Å². The van der Waals surface area contributed by atoms with Gasteiger partial charge in [-0.05, 0) is 63.8 Å². The predicted molar refractivity (Wildman–Crippen MR) is 120 cm³/mol. The predicted octanol–water partition coefficient (Wildman–Crippen LogP) is 3.97. The number of rotatable bonds is 6. The number of tetrazole rings is 1. The standard InChI is InChI=1S/C23H22F2N6S/c24-18-5-3-17(4-6-18)22(23-26-27-28-31(23)16-21-2-1-15-32-21)30-13-11-29(12-14-30)20-9-7-19(25)8-10-20/h1-10,15,22H,11-14,16H2/t22-/m1/s1. The molecule has 0 bridgehead atoms. The van der Waals surface area contributed by atoms with Gasteiger partial charge in [0.05, 0.1) is 12.6 Å². The monoisotopic (exact) mass is 452 g/mol. The Morgan fingerprint density at radius 2 is 1.56 bits per heavy atom. The van der Waals surface area contributed by atoms with Crippen LogP contribution in [-0.4, -0.2) is 51.3 Å². The Hall–Kier alpha value is -3.17. The van der Waals surface area contributed by atoms with Gasteiger partial charge in [0.2, 0.25) is 0 Å². The number of nitrogens with zero attached hydrogens (tertiary/aromatic N) is 6. The molecule has 9 heteroatoms. The smallest absolute Gasteiger partial charge is 0.173 e. The van der Waals surface area contributed by atoms with Gasteiger partial charge in [-0.25, -0.2) is 13.5 Å². The van der Waals surface area contributed by atoms with E-state index < -0.39 is 0 Å². The van der Waals surface area contributed by atoms with E-state index in [9.17, 15) is 8.78 Å². The Morgan fingerprint density at radius 3 is 2.22 bits per heavy atom. The zero-order valence-electron chi connectivity index (χ0n) is 17.3. The summed E-state index contributed by atoms with van der Waals surface area (Å²) in [6, 6.07) is 17.0. The van der Waals surface area contributed by atoms with Crippen LogP contribution in [0, 0.1) is 11.6 Å². The molecule has 0 amide bonds. The number of hydrogen-bond donors (Lipinski definition) is 0. The second kappa shape index (κ2) is 9.13. The SMILES string of the molecule is Fc1ccc([C@H](c2nnnn2Cc2cccs2)N2CCN(c3ccc(F)cc3)CC2)cc1. The maximum absolute atomic E-state index is 13.6. The van der Waals surface area contributed by atoms with Crippen molar-refractivity contribution >= 4 is 17.0 Å². The van der Waals surface area contributed by atoms with Crippen LogP contribution in [0.15, 0.2) is 66.0 Å². The molecule has 4 aromatic rings. The number of halogens is 2. The Bertz CT molecular complexity index is 1140. The van der Waals surface area contributed by atoms with Crippen LogP contribution in [0.4, 0.5) is 14.5 Å². The minimum absolute atomic E-state index is 0.194. The summed E-state index contributed by atoms with van der Waals surface area (Å²) in [4.78, 5) is 5.73. The summed E-state index contributed by atoms with van der Waals surface area (Å²) in [6.07, 6.45) is 0. The zero-order chi connectivity index (χ0) is 21.9. The number of benzene rings is 2. The van der Waals surface area contributed by atoms with E-state index in [0.29, 0.717) is 6.54 Å². The van der Waals surface area contributed by atoms with E-state index in [0.717, 1.165) is 48.1 Å². The highest BCUT2D eigenvalue weighted by Crippen LogP contribution is 2.30. The molecule has 5 rings (SSSR count). The summed E-state index contributed by atoms with van der Waals surface area (Å²) in [7, 11) is 0. The first-order valence-electron chi connectivity index (χ1n) is 10.5. The van der Waals surface area contributed by atoms with E-state index in [-0.39, 0.29) is 17.7 Å². The van der Waals surface area contributed by atoms with Crippen LogP contribution in [0.1, 0.15) is 22.3 Å². The molecule has 1 aliphatic rings. The third kappa shape index (κ3) is 4.39.